The maximum Gasteiger partial charge on any atom is 0.162 e. The van der Waals surface area contributed by atoms with Crippen molar-refractivity contribution in [2.75, 3.05) is 13.2 Å². The molecule has 0 amide bonds. The number of rotatable bonds is 0. The first kappa shape index (κ1) is 4.37. The molecule has 0 bridgehead atoms. The molecule has 0 fully saturated rings. The molecule has 1 radical (unpaired) electrons. The Morgan fingerprint density at radius 1 is 1.71 bits per heavy atom. The van der Waals surface area contributed by atoms with Crippen molar-refractivity contribution < 1.29 is 4.74 Å². The summed E-state index contributed by atoms with van der Waals surface area (Å²) in [6.45, 7) is 1.41. The van der Waals surface area contributed by atoms with Crippen molar-refractivity contribution in [1.82, 2.24) is 0 Å². The molecule has 0 aliphatic carbocycles. The third-order valence-corrected chi connectivity index (χ3v) is 0.654. The Morgan fingerprint density at radius 2 is 2.71 bits per heavy atom. The summed E-state index contributed by atoms with van der Waals surface area (Å²) in [5, 5.41) is 0. The van der Waals surface area contributed by atoms with Crippen LogP contribution in [0, 0.1) is 6.26 Å². The van der Waals surface area contributed by atoms with E-state index >= 15 is 0 Å². The molecule has 0 atom stereocenters. The van der Waals surface area contributed by atoms with Crippen LogP contribution in [-0.4, -0.2) is 19.4 Å². The van der Waals surface area contributed by atoms with Gasteiger partial charge in [0.2, 0.25) is 0 Å². The van der Waals surface area contributed by atoms with Gasteiger partial charge in [0.25, 0.3) is 0 Å². The maximum atomic E-state index is 4.76. The van der Waals surface area contributed by atoms with Crippen LogP contribution in [-0.2, 0) is 4.74 Å². The highest BCUT2D eigenvalue weighted by atomic mass is 16.5. The number of aliphatic imine (C=N–C) groups is 1. The van der Waals surface area contributed by atoms with Crippen LogP contribution in [0.1, 0.15) is 0 Å². The van der Waals surface area contributed by atoms with E-state index in [4.69, 9.17) is 4.74 Å². The molecule has 0 aromatic rings. The lowest BCUT2D eigenvalue weighted by Gasteiger charge is -1.87. The summed E-state index contributed by atoms with van der Waals surface area (Å²) in [4.78, 5) is 3.90. The zero-order valence-electron chi connectivity index (χ0n) is 3.92. The Balaban J connectivity index is 2.39. The van der Waals surface area contributed by atoms with E-state index in [-0.39, 0.29) is 0 Å². The van der Waals surface area contributed by atoms with E-state index in [1.807, 2.05) is 0 Å². The fraction of sp³-hybridized carbons (Fsp3) is 0.400. The van der Waals surface area contributed by atoms with Gasteiger partial charge in [0.15, 0.2) is 6.26 Å². The molecule has 37 valence electrons. The van der Waals surface area contributed by atoms with Gasteiger partial charge in [-0.1, -0.05) is 0 Å². The first-order chi connectivity index (χ1) is 3.50. The summed E-state index contributed by atoms with van der Waals surface area (Å²) >= 11 is 0. The van der Waals surface area contributed by atoms with E-state index in [0.717, 1.165) is 6.54 Å². The van der Waals surface area contributed by atoms with Gasteiger partial charge in [-0.25, -0.2) is 0 Å². The molecule has 2 nitrogen and oxygen atoms in total. The molecule has 0 spiro atoms. The SMILES string of the molecule is [C]1=CC=NCCO1. The molecule has 0 unspecified atom stereocenters. The van der Waals surface area contributed by atoms with Crippen molar-refractivity contribution in [2.24, 2.45) is 4.99 Å². The average molecular weight is 96.1 g/mol. The average Bonchev–Trinajstić information content (AvgIpc) is 1.90. The van der Waals surface area contributed by atoms with E-state index in [1.54, 1.807) is 12.3 Å². The van der Waals surface area contributed by atoms with E-state index < -0.39 is 0 Å². The van der Waals surface area contributed by atoms with E-state index in [9.17, 15) is 0 Å². The lowest BCUT2D eigenvalue weighted by molar-refractivity contribution is 0.241. The summed E-state index contributed by atoms with van der Waals surface area (Å²) < 4.78 is 4.76. The zero-order valence-corrected chi connectivity index (χ0v) is 3.92. The minimum Gasteiger partial charge on any atom is -0.488 e. The van der Waals surface area contributed by atoms with Crippen LogP contribution in [0.5, 0.6) is 0 Å². The molecular formula is C5H6NO. The molecular weight excluding hydrogens is 90.1 g/mol. The van der Waals surface area contributed by atoms with Crippen LogP contribution in [0.4, 0.5) is 0 Å². The van der Waals surface area contributed by atoms with Gasteiger partial charge >= 0.3 is 0 Å². The van der Waals surface area contributed by atoms with Gasteiger partial charge in [0.05, 0.1) is 6.54 Å². The van der Waals surface area contributed by atoms with E-state index in [1.165, 1.54) is 0 Å². The third-order valence-electron chi connectivity index (χ3n) is 0.654. The summed E-state index contributed by atoms with van der Waals surface area (Å²) in [6.07, 6.45) is 5.92. The smallest absolute Gasteiger partial charge is 0.162 e. The Morgan fingerprint density at radius 3 is 3.71 bits per heavy atom. The van der Waals surface area contributed by atoms with Crippen LogP contribution >= 0.6 is 0 Å². The highest BCUT2D eigenvalue weighted by Gasteiger charge is 1.81. The van der Waals surface area contributed by atoms with Crippen LogP contribution in [0.25, 0.3) is 0 Å². The molecule has 1 aliphatic heterocycles. The standard InChI is InChI=1S/C5H6NO/c1-2-6-3-5-7-4-1/h1-2H,3,5H2. The van der Waals surface area contributed by atoms with Crippen LogP contribution in [0.2, 0.25) is 0 Å². The minimum atomic E-state index is 0.660. The Kier molecular flexibility index (Phi) is 1.50. The largest absolute Gasteiger partial charge is 0.488 e. The summed E-state index contributed by atoms with van der Waals surface area (Å²) in [5.41, 5.74) is 0. The second-order valence-electron chi connectivity index (χ2n) is 1.19. The Bertz CT molecular complexity index is 84.3. The highest BCUT2D eigenvalue weighted by molar-refractivity contribution is 5.70. The van der Waals surface area contributed by atoms with Crippen LogP contribution < -0.4 is 0 Å². The quantitative estimate of drug-likeness (QED) is 0.428. The van der Waals surface area contributed by atoms with Crippen molar-refractivity contribution in [1.29, 1.82) is 0 Å². The molecule has 7 heavy (non-hydrogen) atoms. The van der Waals surface area contributed by atoms with Gasteiger partial charge in [-0.15, -0.1) is 0 Å². The normalized spacial score (nSPS) is 18.3. The Labute approximate surface area is 42.5 Å². The molecule has 0 saturated heterocycles. The Hall–Kier alpha value is -0.790. The molecule has 1 heterocycles. The monoisotopic (exact) mass is 96.0 g/mol. The van der Waals surface area contributed by atoms with Crippen molar-refractivity contribution in [3.63, 3.8) is 0 Å². The molecule has 0 aromatic heterocycles. The second-order valence-corrected chi connectivity index (χ2v) is 1.19. The second kappa shape index (κ2) is 2.39. The molecule has 0 saturated carbocycles. The van der Waals surface area contributed by atoms with E-state index in [2.05, 4.69) is 11.3 Å². The summed E-state index contributed by atoms with van der Waals surface area (Å²) in [6, 6.07) is 0. The van der Waals surface area contributed by atoms with Gasteiger partial charge in [0, 0.05) is 12.3 Å². The molecule has 2 heteroatoms. The predicted molar refractivity (Wildman–Crippen MR) is 27.1 cm³/mol. The van der Waals surface area contributed by atoms with Gasteiger partial charge < -0.3 is 4.74 Å². The van der Waals surface area contributed by atoms with Crippen LogP contribution in [0.3, 0.4) is 0 Å². The fourth-order valence-electron chi connectivity index (χ4n) is 0.363. The molecule has 0 N–H and O–H groups in total. The minimum absolute atomic E-state index is 0.660. The van der Waals surface area contributed by atoms with Gasteiger partial charge in [-0.2, -0.15) is 0 Å². The predicted octanol–water partition coefficient (Wildman–Crippen LogP) is 0.404. The number of ether oxygens (including phenoxy) is 1. The maximum absolute atomic E-state index is 4.76. The zero-order chi connectivity index (χ0) is 4.95. The summed E-state index contributed by atoms with van der Waals surface area (Å²) in [7, 11) is 0. The number of hydrogen-bond acceptors (Lipinski definition) is 2. The highest BCUT2D eigenvalue weighted by Crippen LogP contribution is 1.80. The van der Waals surface area contributed by atoms with Crippen molar-refractivity contribution in [2.45, 2.75) is 0 Å². The van der Waals surface area contributed by atoms with Crippen molar-refractivity contribution in [3.8, 4) is 0 Å². The van der Waals surface area contributed by atoms with E-state index in [0.29, 0.717) is 6.61 Å². The topological polar surface area (TPSA) is 21.6 Å². The first-order valence-electron chi connectivity index (χ1n) is 2.19. The number of hydrogen-bond donors (Lipinski definition) is 0. The number of nitrogens with zero attached hydrogens (tertiary/aromatic N) is 1. The third kappa shape index (κ3) is 1.39. The molecule has 0 aromatic carbocycles. The van der Waals surface area contributed by atoms with Crippen molar-refractivity contribution in [3.05, 3.63) is 12.3 Å². The fourth-order valence-corrected chi connectivity index (χ4v) is 0.363. The molecule has 1 rings (SSSR count). The lowest BCUT2D eigenvalue weighted by Crippen LogP contribution is -1.88. The van der Waals surface area contributed by atoms with Crippen LogP contribution in [0.15, 0.2) is 11.1 Å². The van der Waals surface area contributed by atoms with Gasteiger partial charge in [-0.05, 0) is 0 Å². The first-order valence-corrected chi connectivity index (χ1v) is 2.19. The lowest BCUT2D eigenvalue weighted by atomic mass is 10.7. The molecule has 1 aliphatic rings. The van der Waals surface area contributed by atoms with Gasteiger partial charge in [0.1, 0.15) is 6.61 Å². The number of allylic oxidation sites excluding steroid dienone is 1. The van der Waals surface area contributed by atoms with Crippen molar-refractivity contribution >= 4 is 6.21 Å². The summed E-state index contributed by atoms with van der Waals surface area (Å²) in [5.74, 6) is 0. The van der Waals surface area contributed by atoms with Gasteiger partial charge in [-0.3, -0.25) is 4.99 Å².